The number of fused-ring (bicyclic) bond motifs is 1. The van der Waals surface area contributed by atoms with Gasteiger partial charge in [0.15, 0.2) is 0 Å². The Bertz CT molecular complexity index is 594. The van der Waals surface area contributed by atoms with Crippen LogP contribution in [0.3, 0.4) is 0 Å². The number of aliphatic hydroxyl groups is 3. The number of hydrogen-bond acceptors (Lipinski definition) is 6. The fourth-order valence-corrected chi connectivity index (χ4v) is 1.99. The van der Waals surface area contributed by atoms with Crippen LogP contribution in [0.1, 0.15) is 11.6 Å². The summed E-state index contributed by atoms with van der Waals surface area (Å²) < 4.78 is 0. The van der Waals surface area contributed by atoms with Crippen molar-refractivity contribution in [1.82, 2.24) is 20.3 Å². The molecule has 8 nitrogen and oxygen atoms in total. The van der Waals surface area contributed by atoms with Crippen LogP contribution in [0.15, 0.2) is 17.3 Å². The number of aromatic nitrogens is 3. The third-order valence-electron chi connectivity index (χ3n) is 2.88. The Balaban J connectivity index is 2.44. The number of aromatic amines is 2. The van der Waals surface area contributed by atoms with E-state index in [4.69, 9.17) is 10.2 Å². The summed E-state index contributed by atoms with van der Waals surface area (Å²) in [5.41, 5.74) is 0.983. The molecule has 0 radical (unpaired) electrons. The molecule has 2 atom stereocenters. The summed E-state index contributed by atoms with van der Waals surface area (Å²) in [6.45, 7) is -0.304. The Hall–Kier alpha value is -1.74. The van der Waals surface area contributed by atoms with Crippen LogP contribution in [-0.4, -0.2) is 56.1 Å². The first-order chi connectivity index (χ1) is 9.19. The van der Waals surface area contributed by atoms with Crippen LogP contribution in [0.2, 0.25) is 0 Å². The summed E-state index contributed by atoms with van der Waals surface area (Å²) in [6, 6.07) is -0.625. The monoisotopic (exact) mass is 268 g/mol. The molecule has 2 aromatic rings. The third kappa shape index (κ3) is 2.66. The van der Waals surface area contributed by atoms with Crippen LogP contribution in [-0.2, 0) is 0 Å². The number of rotatable bonds is 6. The van der Waals surface area contributed by atoms with Crippen LogP contribution >= 0.6 is 0 Å². The van der Waals surface area contributed by atoms with E-state index in [1.165, 1.54) is 6.33 Å². The van der Waals surface area contributed by atoms with E-state index in [2.05, 4.69) is 20.3 Å². The van der Waals surface area contributed by atoms with Crippen molar-refractivity contribution >= 4 is 11.0 Å². The van der Waals surface area contributed by atoms with Gasteiger partial charge in [-0.1, -0.05) is 0 Å². The highest BCUT2D eigenvalue weighted by molar-refractivity contribution is 5.78. The lowest BCUT2D eigenvalue weighted by molar-refractivity contribution is 0.0612. The van der Waals surface area contributed by atoms with Gasteiger partial charge in [-0.15, -0.1) is 0 Å². The van der Waals surface area contributed by atoms with Gasteiger partial charge in [-0.05, 0) is 0 Å². The molecule has 0 amide bonds. The minimum Gasteiger partial charge on any atom is -0.395 e. The molecule has 0 aliphatic rings. The molecule has 2 rings (SSSR count). The molecule has 8 heteroatoms. The lowest BCUT2D eigenvalue weighted by Crippen LogP contribution is -2.35. The van der Waals surface area contributed by atoms with Crippen molar-refractivity contribution in [2.75, 3.05) is 19.8 Å². The Kier molecular flexibility index (Phi) is 4.27. The molecule has 0 saturated carbocycles. The van der Waals surface area contributed by atoms with Gasteiger partial charge in [0.25, 0.3) is 5.56 Å². The number of nitrogens with zero attached hydrogens (tertiary/aromatic N) is 1. The molecular weight excluding hydrogens is 252 g/mol. The summed E-state index contributed by atoms with van der Waals surface area (Å²) in [4.78, 5) is 20.9. The zero-order valence-corrected chi connectivity index (χ0v) is 10.1. The average molecular weight is 268 g/mol. The molecule has 0 aliphatic heterocycles. The molecule has 0 aliphatic carbocycles. The number of hydrogen-bond donors (Lipinski definition) is 6. The molecule has 0 unspecified atom stereocenters. The van der Waals surface area contributed by atoms with Crippen molar-refractivity contribution in [2.24, 2.45) is 0 Å². The van der Waals surface area contributed by atoms with E-state index in [1.807, 2.05) is 0 Å². The minimum atomic E-state index is -1.06. The van der Waals surface area contributed by atoms with E-state index in [0.717, 1.165) is 0 Å². The van der Waals surface area contributed by atoms with Crippen molar-refractivity contribution in [3.8, 4) is 0 Å². The lowest BCUT2D eigenvalue weighted by atomic mass is 10.0. The summed E-state index contributed by atoms with van der Waals surface area (Å²) in [5, 5.41) is 30.6. The van der Waals surface area contributed by atoms with Gasteiger partial charge in [-0.3, -0.25) is 4.79 Å². The summed E-state index contributed by atoms with van der Waals surface area (Å²) in [7, 11) is 0. The second-order valence-corrected chi connectivity index (χ2v) is 4.10. The highest BCUT2D eigenvalue weighted by Crippen LogP contribution is 2.22. The number of aliphatic hydroxyl groups excluding tert-OH is 3. The van der Waals surface area contributed by atoms with Gasteiger partial charge in [-0.2, -0.15) is 0 Å². The quantitative estimate of drug-likeness (QED) is 0.367. The molecular formula is C11H16N4O4. The van der Waals surface area contributed by atoms with Gasteiger partial charge in [0.05, 0.1) is 31.7 Å². The van der Waals surface area contributed by atoms with E-state index in [1.54, 1.807) is 6.20 Å². The van der Waals surface area contributed by atoms with Crippen LogP contribution in [0.25, 0.3) is 11.0 Å². The van der Waals surface area contributed by atoms with Crippen LogP contribution < -0.4 is 10.9 Å². The standard InChI is InChI=1S/C11H16N4O4/c16-2-1-12-8(7(18)4-17)6-3-13-10-9(6)14-5-15-11(10)19/h3,5,7-8,12-13,16-18H,1-2,4H2,(H,14,15,19)/t7-,8-/m1/s1. The molecule has 0 aromatic carbocycles. The zero-order valence-electron chi connectivity index (χ0n) is 10.1. The minimum absolute atomic E-state index is 0.106. The van der Waals surface area contributed by atoms with Gasteiger partial charge < -0.3 is 30.6 Å². The molecule has 0 spiro atoms. The van der Waals surface area contributed by atoms with E-state index in [9.17, 15) is 9.90 Å². The third-order valence-corrected chi connectivity index (χ3v) is 2.88. The van der Waals surface area contributed by atoms with E-state index in [-0.39, 0.29) is 18.7 Å². The number of nitrogens with one attached hydrogen (secondary N) is 3. The number of H-pyrrole nitrogens is 2. The SMILES string of the molecule is O=c1[nH]cnc2c([C@@H](NCCO)[C@H](O)CO)c[nH]c12. The van der Waals surface area contributed by atoms with Crippen molar-refractivity contribution < 1.29 is 15.3 Å². The molecule has 0 fully saturated rings. The van der Waals surface area contributed by atoms with Gasteiger partial charge in [0.1, 0.15) is 11.0 Å². The fraction of sp³-hybridized carbons (Fsp3) is 0.455. The second kappa shape index (κ2) is 5.93. The van der Waals surface area contributed by atoms with E-state index in [0.29, 0.717) is 16.6 Å². The maximum Gasteiger partial charge on any atom is 0.275 e. The maximum atomic E-state index is 11.6. The van der Waals surface area contributed by atoms with Gasteiger partial charge in [-0.25, -0.2) is 4.98 Å². The Morgan fingerprint density at radius 1 is 1.37 bits per heavy atom. The topological polar surface area (TPSA) is 134 Å². The molecule has 0 saturated heterocycles. The van der Waals surface area contributed by atoms with E-state index < -0.39 is 18.8 Å². The van der Waals surface area contributed by atoms with Gasteiger partial charge in [0.2, 0.25) is 0 Å². The summed E-state index contributed by atoms with van der Waals surface area (Å²) in [5.74, 6) is 0. The normalized spacial score (nSPS) is 14.7. The smallest absolute Gasteiger partial charge is 0.275 e. The van der Waals surface area contributed by atoms with Crippen LogP contribution in [0.5, 0.6) is 0 Å². The predicted octanol–water partition coefficient (Wildman–Crippen LogP) is -1.77. The first kappa shape index (κ1) is 13.7. The molecule has 0 bridgehead atoms. The molecule has 104 valence electrons. The first-order valence-electron chi connectivity index (χ1n) is 5.87. The van der Waals surface area contributed by atoms with Gasteiger partial charge >= 0.3 is 0 Å². The average Bonchev–Trinajstić information content (AvgIpc) is 2.84. The second-order valence-electron chi connectivity index (χ2n) is 4.10. The zero-order chi connectivity index (χ0) is 13.8. The van der Waals surface area contributed by atoms with Crippen molar-refractivity contribution in [3.63, 3.8) is 0 Å². The Labute approximate surface area is 108 Å². The summed E-state index contributed by atoms with van der Waals surface area (Å²) >= 11 is 0. The largest absolute Gasteiger partial charge is 0.395 e. The van der Waals surface area contributed by atoms with Crippen LogP contribution in [0, 0.1) is 0 Å². The summed E-state index contributed by atoms with van der Waals surface area (Å²) in [6.07, 6.45) is 1.77. The predicted molar refractivity (Wildman–Crippen MR) is 67.6 cm³/mol. The van der Waals surface area contributed by atoms with Crippen molar-refractivity contribution in [1.29, 1.82) is 0 Å². The van der Waals surface area contributed by atoms with Crippen LogP contribution in [0.4, 0.5) is 0 Å². The lowest BCUT2D eigenvalue weighted by Gasteiger charge is -2.21. The molecule has 2 aromatic heterocycles. The van der Waals surface area contributed by atoms with E-state index >= 15 is 0 Å². The Morgan fingerprint density at radius 2 is 2.16 bits per heavy atom. The highest BCUT2D eigenvalue weighted by atomic mass is 16.3. The Morgan fingerprint density at radius 3 is 2.84 bits per heavy atom. The highest BCUT2D eigenvalue weighted by Gasteiger charge is 2.24. The van der Waals surface area contributed by atoms with Gasteiger partial charge in [0, 0.05) is 18.3 Å². The fourth-order valence-electron chi connectivity index (χ4n) is 1.99. The first-order valence-corrected chi connectivity index (χ1v) is 5.87. The molecule has 6 N–H and O–H groups in total. The van der Waals surface area contributed by atoms with Crippen molar-refractivity contribution in [2.45, 2.75) is 12.1 Å². The molecule has 19 heavy (non-hydrogen) atoms. The maximum absolute atomic E-state index is 11.6. The molecule has 2 heterocycles. The van der Waals surface area contributed by atoms with Crippen molar-refractivity contribution in [3.05, 3.63) is 28.4 Å².